The van der Waals surface area contributed by atoms with E-state index in [0.29, 0.717) is 12.1 Å². The molecular formula is C12H7F4N3O2. The van der Waals surface area contributed by atoms with Crippen LogP contribution < -0.4 is 5.32 Å². The molecule has 110 valence electrons. The number of carbonyl (C=O) groups is 1. The molecule has 0 saturated heterocycles. The Morgan fingerprint density at radius 1 is 1.14 bits per heavy atom. The van der Waals surface area contributed by atoms with Crippen molar-refractivity contribution in [2.24, 2.45) is 0 Å². The van der Waals surface area contributed by atoms with Crippen molar-refractivity contribution in [3.63, 3.8) is 0 Å². The molecule has 0 bridgehead atoms. The van der Waals surface area contributed by atoms with Gasteiger partial charge in [0.05, 0.1) is 5.56 Å². The van der Waals surface area contributed by atoms with Gasteiger partial charge in [-0.3, -0.25) is 0 Å². The van der Waals surface area contributed by atoms with Gasteiger partial charge in [0, 0.05) is 5.69 Å². The molecule has 2 aromatic rings. The second-order valence-electron chi connectivity index (χ2n) is 3.93. The Labute approximate surface area is 115 Å². The molecule has 0 saturated carbocycles. The van der Waals surface area contributed by atoms with Gasteiger partial charge in [0.15, 0.2) is 11.5 Å². The van der Waals surface area contributed by atoms with Crippen LogP contribution in [0.3, 0.4) is 0 Å². The lowest BCUT2D eigenvalue weighted by Crippen LogP contribution is -2.09. The average Bonchev–Trinajstić information content (AvgIpc) is 2.40. The topological polar surface area (TPSA) is 75.1 Å². The summed E-state index contributed by atoms with van der Waals surface area (Å²) in [5, 5.41) is 18.0. The Balaban J connectivity index is 2.26. The highest BCUT2D eigenvalue weighted by atomic mass is 19.4. The number of carboxylic acids is 1. The first kappa shape index (κ1) is 14.7. The first-order chi connectivity index (χ1) is 9.77. The molecule has 0 aliphatic carbocycles. The van der Waals surface area contributed by atoms with Gasteiger partial charge in [-0.05, 0) is 30.3 Å². The normalized spacial score (nSPS) is 11.2. The summed E-state index contributed by atoms with van der Waals surface area (Å²) in [6, 6.07) is 4.71. The smallest absolute Gasteiger partial charge is 0.419 e. The van der Waals surface area contributed by atoms with Crippen molar-refractivity contribution in [2.45, 2.75) is 6.18 Å². The molecule has 5 nitrogen and oxygen atoms in total. The van der Waals surface area contributed by atoms with E-state index in [1.54, 1.807) is 0 Å². The molecule has 1 aromatic heterocycles. The van der Waals surface area contributed by atoms with Crippen molar-refractivity contribution < 1.29 is 27.5 Å². The van der Waals surface area contributed by atoms with E-state index < -0.39 is 23.5 Å². The number of halogens is 4. The van der Waals surface area contributed by atoms with Crippen molar-refractivity contribution in [1.82, 2.24) is 10.2 Å². The number of nitrogens with one attached hydrogen (secondary N) is 1. The third kappa shape index (κ3) is 3.44. The summed E-state index contributed by atoms with van der Waals surface area (Å²) in [7, 11) is 0. The highest BCUT2D eigenvalue weighted by Crippen LogP contribution is 2.33. The second kappa shape index (κ2) is 5.35. The van der Waals surface area contributed by atoms with Crippen LogP contribution in [-0.2, 0) is 6.18 Å². The minimum Gasteiger partial charge on any atom is -0.476 e. The summed E-state index contributed by atoms with van der Waals surface area (Å²) in [5.41, 5.74) is -1.78. The van der Waals surface area contributed by atoms with Gasteiger partial charge in [-0.15, -0.1) is 10.2 Å². The molecule has 0 fully saturated rings. The summed E-state index contributed by atoms with van der Waals surface area (Å²) in [4.78, 5) is 10.6. The van der Waals surface area contributed by atoms with Crippen LogP contribution in [-0.4, -0.2) is 21.3 Å². The molecule has 2 N–H and O–H groups in total. The molecule has 0 unspecified atom stereocenters. The average molecular weight is 301 g/mol. The number of aromatic nitrogens is 2. The van der Waals surface area contributed by atoms with E-state index in [0.717, 1.165) is 12.1 Å². The first-order valence-corrected chi connectivity index (χ1v) is 5.48. The van der Waals surface area contributed by atoms with Crippen LogP contribution in [0.25, 0.3) is 0 Å². The van der Waals surface area contributed by atoms with Gasteiger partial charge in [-0.2, -0.15) is 13.2 Å². The van der Waals surface area contributed by atoms with E-state index >= 15 is 0 Å². The summed E-state index contributed by atoms with van der Waals surface area (Å²) in [6.07, 6.45) is -4.82. The lowest BCUT2D eigenvalue weighted by atomic mass is 10.2. The number of nitrogens with zero attached hydrogens (tertiary/aromatic N) is 2. The molecule has 0 atom stereocenters. The zero-order valence-electron chi connectivity index (χ0n) is 10.1. The highest BCUT2D eigenvalue weighted by Gasteiger charge is 2.34. The maximum absolute atomic E-state index is 13.1. The quantitative estimate of drug-likeness (QED) is 0.852. The molecular weight excluding hydrogens is 294 g/mol. The number of alkyl halides is 3. The fraction of sp³-hybridized carbons (Fsp3) is 0.0833. The van der Waals surface area contributed by atoms with Crippen molar-refractivity contribution in [2.75, 3.05) is 5.32 Å². The summed E-state index contributed by atoms with van der Waals surface area (Å²) < 4.78 is 50.7. The number of anilines is 2. The molecule has 0 aliphatic rings. The molecule has 0 spiro atoms. The lowest BCUT2D eigenvalue weighted by Gasteiger charge is -2.11. The van der Waals surface area contributed by atoms with Gasteiger partial charge in [-0.25, -0.2) is 9.18 Å². The van der Waals surface area contributed by atoms with Crippen molar-refractivity contribution in [3.8, 4) is 0 Å². The summed E-state index contributed by atoms with van der Waals surface area (Å²) in [6.45, 7) is 0. The van der Waals surface area contributed by atoms with Gasteiger partial charge in [0.25, 0.3) is 0 Å². The largest absolute Gasteiger partial charge is 0.476 e. The number of benzene rings is 1. The van der Waals surface area contributed by atoms with E-state index in [1.165, 1.54) is 6.07 Å². The maximum atomic E-state index is 13.1. The predicted molar refractivity (Wildman–Crippen MR) is 63.7 cm³/mol. The Bertz CT molecular complexity index is 671. The number of aromatic carboxylic acids is 1. The van der Waals surface area contributed by atoms with Gasteiger partial charge in [0.1, 0.15) is 5.82 Å². The number of rotatable bonds is 3. The lowest BCUT2D eigenvalue weighted by molar-refractivity contribution is -0.139. The number of carboxylic acid groups (broad SMARTS) is 1. The summed E-state index contributed by atoms with van der Waals surface area (Å²) in [5.74, 6) is -2.64. The standard InChI is InChI=1S/C12H7F4N3O2/c13-8-2-1-6(5-7(8)12(14,15)16)17-10-4-3-9(11(20)21)18-19-10/h1-5H,(H,17,19)(H,20,21). The minimum absolute atomic E-state index is 0.0275. The number of hydrogen-bond acceptors (Lipinski definition) is 4. The second-order valence-corrected chi connectivity index (χ2v) is 3.93. The third-order valence-electron chi connectivity index (χ3n) is 2.43. The van der Waals surface area contributed by atoms with Crippen LogP contribution in [0.2, 0.25) is 0 Å². The van der Waals surface area contributed by atoms with Gasteiger partial charge >= 0.3 is 12.1 Å². The Morgan fingerprint density at radius 3 is 2.38 bits per heavy atom. The molecule has 21 heavy (non-hydrogen) atoms. The predicted octanol–water partition coefficient (Wildman–Crippen LogP) is 3.08. The Kier molecular flexibility index (Phi) is 3.74. The summed E-state index contributed by atoms with van der Waals surface area (Å²) >= 11 is 0. The highest BCUT2D eigenvalue weighted by molar-refractivity contribution is 5.85. The van der Waals surface area contributed by atoms with E-state index in [1.807, 2.05) is 0 Å². The molecule has 0 amide bonds. The monoisotopic (exact) mass is 301 g/mol. The zero-order valence-corrected chi connectivity index (χ0v) is 10.1. The van der Waals surface area contributed by atoms with Crippen molar-refractivity contribution in [3.05, 3.63) is 47.4 Å². The fourth-order valence-corrected chi connectivity index (χ4v) is 1.48. The van der Waals surface area contributed by atoms with Crippen molar-refractivity contribution >= 4 is 17.5 Å². The van der Waals surface area contributed by atoms with E-state index in [2.05, 4.69) is 15.5 Å². The maximum Gasteiger partial charge on any atom is 0.419 e. The van der Waals surface area contributed by atoms with Crippen LogP contribution >= 0.6 is 0 Å². The van der Waals surface area contributed by atoms with E-state index in [9.17, 15) is 22.4 Å². The van der Waals surface area contributed by atoms with Crippen LogP contribution in [0.4, 0.5) is 29.1 Å². The molecule has 0 radical (unpaired) electrons. The van der Waals surface area contributed by atoms with Crippen LogP contribution in [0.1, 0.15) is 16.1 Å². The molecule has 1 heterocycles. The molecule has 0 aliphatic heterocycles. The Hall–Kier alpha value is -2.71. The van der Waals surface area contributed by atoms with Gasteiger partial charge in [0.2, 0.25) is 0 Å². The first-order valence-electron chi connectivity index (χ1n) is 5.48. The zero-order chi connectivity index (χ0) is 15.6. The van der Waals surface area contributed by atoms with E-state index in [4.69, 9.17) is 5.11 Å². The molecule has 2 rings (SSSR count). The van der Waals surface area contributed by atoms with Gasteiger partial charge in [-0.1, -0.05) is 0 Å². The van der Waals surface area contributed by atoms with Crippen LogP contribution in [0.5, 0.6) is 0 Å². The van der Waals surface area contributed by atoms with Gasteiger partial charge < -0.3 is 10.4 Å². The third-order valence-corrected chi connectivity index (χ3v) is 2.43. The molecule has 9 heteroatoms. The van der Waals surface area contributed by atoms with Crippen molar-refractivity contribution in [1.29, 1.82) is 0 Å². The fourth-order valence-electron chi connectivity index (χ4n) is 1.48. The van der Waals surface area contributed by atoms with E-state index in [-0.39, 0.29) is 17.2 Å². The molecule has 1 aromatic carbocycles. The Morgan fingerprint density at radius 2 is 1.86 bits per heavy atom. The van der Waals surface area contributed by atoms with Crippen LogP contribution in [0.15, 0.2) is 30.3 Å². The minimum atomic E-state index is -4.82. The number of hydrogen-bond donors (Lipinski definition) is 2. The van der Waals surface area contributed by atoms with Crippen LogP contribution in [0, 0.1) is 5.82 Å². The SMILES string of the molecule is O=C(O)c1ccc(Nc2ccc(F)c(C(F)(F)F)c2)nn1.